The Labute approximate surface area is 79.2 Å². The van der Waals surface area contributed by atoms with E-state index < -0.39 is 0 Å². The van der Waals surface area contributed by atoms with E-state index in [0.717, 1.165) is 0 Å². The Bertz CT molecular complexity index is 87.7. The van der Waals surface area contributed by atoms with Crippen LogP contribution in [0.3, 0.4) is 0 Å². The third-order valence-electron chi connectivity index (χ3n) is 2.07. The zero-order chi connectivity index (χ0) is 8.91. The lowest BCUT2D eigenvalue weighted by molar-refractivity contribution is 0.246. The Balaban J connectivity index is 0. The minimum Gasteiger partial charge on any atom is -0.304 e. The van der Waals surface area contributed by atoms with Crippen molar-refractivity contribution in [3.63, 3.8) is 0 Å². The summed E-state index contributed by atoms with van der Waals surface area (Å²) in [7, 11) is 0. The third kappa shape index (κ3) is 8.06. The maximum atomic E-state index is 2.48. The van der Waals surface area contributed by atoms with Gasteiger partial charge in [0, 0.05) is 0 Å². The van der Waals surface area contributed by atoms with E-state index >= 15 is 0 Å². The summed E-state index contributed by atoms with van der Waals surface area (Å²) in [4.78, 5) is 2.48. The minimum absolute atomic E-state index is 0. The van der Waals surface area contributed by atoms with Crippen LogP contribution in [0.5, 0.6) is 0 Å². The van der Waals surface area contributed by atoms with Crippen LogP contribution in [-0.2, 0) is 0 Å². The van der Waals surface area contributed by atoms with Crippen molar-refractivity contribution >= 4 is 0 Å². The molecule has 0 amide bonds. The maximum Gasteiger partial charge on any atom is -0.00140 e. The maximum absolute atomic E-state index is 2.48. The number of rotatable bonds is 4. The normalized spacial score (nSPS) is 11.5. The summed E-state index contributed by atoms with van der Waals surface area (Å²) in [5.41, 5.74) is 0.489. The topological polar surface area (TPSA) is 3.24 Å². The summed E-state index contributed by atoms with van der Waals surface area (Å²) in [5.74, 6) is 0. The molecule has 1 nitrogen and oxygen atoms in total. The highest BCUT2D eigenvalue weighted by Gasteiger charge is 2.10. The van der Waals surface area contributed by atoms with Crippen molar-refractivity contribution in [1.82, 2.24) is 4.90 Å². The Kier molecular flexibility index (Phi) is 7.81. The van der Waals surface area contributed by atoms with Gasteiger partial charge < -0.3 is 4.90 Å². The van der Waals surface area contributed by atoms with Crippen LogP contribution in [0.4, 0.5) is 0 Å². The number of hydrogen-bond acceptors (Lipinski definition) is 1. The number of hydrogen-bond donors (Lipinski definition) is 0. The fourth-order valence-electron chi connectivity index (χ4n) is 1.03. The van der Waals surface area contributed by atoms with Gasteiger partial charge in [0.05, 0.1) is 0 Å². The Hall–Kier alpha value is -0.0400. The quantitative estimate of drug-likeness (QED) is 0.630. The predicted octanol–water partition coefficient (Wildman–Crippen LogP) is 3.40. The van der Waals surface area contributed by atoms with Gasteiger partial charge in [-0.15, -0.1) is 0 Å². The van der Waals surface area contributed by atoms with Crippen molar-refractivity contribution in [3.05, 3.63) is 0 Å². The molecule has 0 saturated carbocycles. The van der Waals surface area contributed by atoms with E-state index in [9.17, 15) is 0 Å². The molecule has 0 aromatic rings. The van der Waals surface area contributed by atoms with Crippen LogP contribution in [0.15, 0.2) is 0 Å². The summed E-state index contributed by atoms with van der Waals surface area (Å²) in [5, 5.41) is 0. The molecule has 0 unspecified atom stereocenters. The van der Waals surface area contributed by atoms with Crippen LogP contribution >= 0.6 is 0 Å². The molecule has 0 aliphatic carbocycles. The van der Waals surface area contributed by atoms with E-state index in [4.69, 9.17) is 0 Å². The second-order valence-corrected chi connectivity index (χ2v) is 4.34. The van der Waals surface area contributed by atoms with Gasteiger partial charge in [0.25, 0.3) is 0 Å². The van der Waals surface area contributed by atoms with Crippen molar-refractivity contribution in [2.45, 2.75) is 48.5 Å². The molecule has 0 aliphatic rings. The van der Waals surface area contributed by atoms with E-state index in [1.54, 1.807) is 0 Å². The highest BCUT2D eigenvalue weighted by molar-refractivity contribution is 4.64. The Morgan fingerprint density at radius 3 is 1.67 bits per heavy atom. The van der Waals surface area contributed by atoms with Crippen LogP contribution in [0.2, 0.25) is 0 Å². The average molecular weight is 173 g/mol. The smallest absolute Gasteiger partial charge is 0.00140 e. The SMILES string of the molecule is C.CCN(CC)CCC(C)(C)C. The summed E-state index contributed by atoms with van der Waals surface area (Å²) in [6.07, 6.45) is 1.30. The first-order valence-corrected chi connectivity index (χ1v) is 4.72. The molecule has 0 bridgehead atoms. The van der Waals surface area contributed by atoms with Gasteiger partial charge in [-0.1, -0.05) is 42.0 Å². The monoisotopic (exact) mass is 173 g/mol. The highest BCUT2D eigenvalue weighted by Crippen LogP contribution is 2.18. The van der Waals surface area contributed by atoms with Crippen LogP contribution in [-0.4, -0.2) is 24.5 Å². The second kappa shape index (κ2) is 6.47. The van der Waals surface area contributed by atoms with Gasteiger partial charge in [-0.25, -0.2) is 0 Å². The predicted molar refractivity (Wildman–Crippen MR) is 58.6 cm³/mol. The van der Waals surface area contributed by atoms with E-state index in [1.165, 1.54) is 26.1 Å². The molecule has 0 N–H and O–H groups in total. The summed E-state index contributed by atoms with van der Waals surface area (Å²) in [6, 6.07) is 0. The van der Waals surface area contributed by atoms with E-state index in [0.29, 0.717) is 5.41 Å². The fourth-order valence-corrected chi connectivity index (χ4v) is 1.03. The lowest BCUT2D eigenvalue weighted by Crippen LogP contribution is -2.26. The zero-order valence-electron chi connectivity index (χ0n) is 8.78. The molecule has 1 heteroatoms. The third-order valence-corrected chi connectivity index (χ3v) is 2.07. The summed E-state index contributed by atoms with van der Waals surface area (Å²) >= 11 is 0. The lowest BCUT2D eigenvalue weighted by atomic mass is 9.92. The van der Waals surface area contributed by atoms with Crippen molar-refractivity contribution in [2.75, 3.05) is 19.6 Å². The van der Waals surface area contributed by atoms with E-state index in [-0.39, 0.29) is 7.43 Å². The molecule has 0 aromatic carbocycles. The first-order valence-electron chi connectivity index (χ1n) is 4.72. The van der Waals surface area contributed by atoms with Crippen LogP contribution in [0.1, 0.15) is 48.5 Å². The molecule has 0 fully saturated rings. The zero-order valence-corrected chi connectivity index (χ0v) is 8.78. The Morgan fingerprint density at radius 1 is 1.00 bits per heavy atom. The molecule has 76 valence electrons. The summed E-state index contributed by atoms with van der Waals surface area (Å²) < 4.78 is 0. The van der Waals surface area contributed by atoms with Gasteiger partial charge in [-0.2, -0.15) is 0 Å². The van der Waals surface area contributed by atoms with Gasteiger partial charge >= 0.3 is 0 Å². The molecule has 0 spiro atoms. The molecule has 0 saturated heterocycles. The Morgan fingerprint density at radius 2 is 1.42 bits per heavy atom. The van der Waals surface area contributed by atoms with Crippen LogP contribution < -0.4 is 0 Å². The van der Waals surface area contributed by atoms with Gasteiger partial charge in [-0.3, -0.25) is 0 Å². The van der Waals surface area contributed by atoms with Crippen molar-refractivity contribution in [2.24, 2.45) is 5.41 Å². The standard InChI is InChI=1S/C10H23N.CH4/c1-6-11(7-2)9-8-10(3,4)5;/h6-9H2,1-5H3;1H4. The molecule has 0 aliphatic heterocycles. The lowest BCUT2D eigenvalue weighted by Gasteiger charge is -2.24. The summed E-state index contributed by atoms with van der Waals surface area (Å²) in [6.45, 7) is 15.0. The highest BCUT2D eigenvalue weighted by atomic mass is 15.1. The minimum atomic E-state index is 0. The molecular formula is C11H27N. The van der Waals surface area contributed by atoms with Gasteiger partial charge in [0.1, 0.15) is 0 Å². The van der Waals surface area contributed by atoms with Crippen molar-refractivity contribution in [1.29, 1.82) is 0 Å². The van der Waals surface area contributed by atoms with Gasteiger partial charge in [0.2, 0.25) is 0 Å². The fraction of sp³-hybridized carbons (Fsp3) is 1.00. The number of nitrogens with zero attached hydrogens (tertiary/aromatic N) is 1. The molecule has 12 heavy (non-hydrogen) atoms. The van der Waals surface area contributed by atoms with E-state index in [1.807, 2.05) is 0 Å². The van der Waals surface area contributed by atoms with Gasteiger partial charge in [0.15, 0.2) is 0 Å². The first-order chi connectivity index (χ1) is 4.99. The molecular weight excluding hydrogens is 146 g/mol. The van der Waals surface area contributed by atoms with Gasteiger partial charge in [-0.05, 0) is 31.5 Å². The first kappa shape index (κ1) is 14.5. The van der Waals surface area contributed by atoms with Crippen LogP contribution in [0.25, 0.3) is 0 Å². The van der Waals surface area contributed by atoms with Crippen molar-refractivity contribution in [3.8, 4) is 0 Å². The molecule has 0 radical (unpaired) electrons. The largest absolute Gasteiger partial charge is 0.304 e. The van der Waals surface area contributed by atoms with E-state index in [2.05, 4.69) is 39.5 Å². The van der Waals surface area contributed by atoms with Crippen LogP contribution in [0, 0.1) is 5.41 Å². The molecule has 0 atom stereocenters. The molecule has 0 rings (SSSR count). The average Bonchev–Trinajstić information content (AvgIpc) is 1.88. The van der Waals surface area contributed by atoms with Crippen molar-refractivity contribution < 1.29 is 0 Å². The molecule has 0 aromatic heterocycles. The second-order valence-electron chi connectivity index (χ2n) is 4.34. The molecule has 0 heterocycles.